The van der Waals surface area contributed by atoms with Gasteiger partial charge in [0.25, 0.3) is 0 Å². The summed E-state index contributed by atoms with van der Waals surface area (Å²) in [5, 5.41) is 8.96. The van der Waals surface area contributed by atoms with Crippen molar-refractivity contribution in [3.8, 4) is 0 Å². The van der Waals surface area contributed by atoms with Crippen molar-refractivity contribution >= 4 is 23.2 Å². The number of amides is 1. The maximum absolute atomic E-state index is 11.9. The first-order chi connectivity index (χ1) is 8.58. The van der Waals surface area contributed by atoms with Gasteiger partial charge in [-0.2, -0.15) is 0 Å². The number of likely N-dealkylation sites (tertiary alicyclic amines) is 1. The number of carbonyl (C=O) groups excluding carboxylic acids is 1. The summed E-state index contributed by atoms with van der Waals surface area (Å²) in [6.07, 6.45) is 3.74. The first-order valence-corrected chi connectivity index (χ1v) is 7.00. The van der Waals surface area contributed by atoms with Crippen molar-refractivity contribution in [1.82, 2.24) is 4.90 Å². The van der Waals surface area contributed by atoms with Crippen molar-refractivity contribution in [3.63, 3.8) is 0 Å². The minimum Gasteiger partial charge on any atom is -0.477 e. The molecule has 1 aliphatic heterocycles. The lowest BCUT2D eigenvalue weighted by molar-refractivity contribution is -0.131. The number of aryl methyl sites for hydroxylation is 1. The first kappa shape index (κ1) is 13.1. The molecule has 2 rings (SSSR count). The number of rotatable bonds is 3. The van der Waals surface area contributed by atoms with Gasteiger partial charge >= 0.3 is 5.97 Å². The molecule has 0 bridgehead atoms. The highest BCUT2D eigenvalue weighted by molar-refractivity contribution is 7.14. The Hall–Kier alpha value is -1.36. The Bertz CT molecular complexity index is 467. The van der Waals surface area contributed by atoms with Gasteiger partial charge in [0.15, 0.2) is 0 Å². The van der Waals surface area contributed by atoms with E-state index in [2.05, 4.69) is 0 Å². The highest BCUT2D eigenvalue weighted by Crippen LogP contribution is 2.24. The Morgan fingerprint density at radius 3 is 2.89 bits per heavy atom. The highest BCUT2D eigenvalue weighted by atomic mass is 32.1. The zero-order chi connectivity index (χ0) is 13.1. The van der Waals surface area contributed by atoms with E-state index in [1.54, 1.807) is 6.07 Å². The number of hydrogen-bond donors (Lipinski definition) is 1. The number of carbonyl (C=O) groups is 2. The third-order valence-corrected chi connectivity index (χ3v) is 4.34. The Morgan fingerprint density at radius 2 is 2.22 bits per heavy atom. The van der Waals surface area contributed by atoms with E-state index in [4.69, 9.17) is 5.11 Å². The molecule has 98 valence electrons. The molecule has 0 unspecified atom stereocenters. The summed E-state index contributed by atoms with van der Waals surface area (Å²) in [6, 6.07) is 1.69. The van der Waals surface area contributed by atoms with Crippen LogP contribution in [0.3, 0.4) is 0 Å². The normalized spacial score (nSPS) is 16.7. The molecule has 0 aromatic carbocycles. The van der Waals surface area contributed by atoms with Crippen LogP contribution in [0.4, 0.5) is 0 Å². The van der Waals surface area contributed by atoms with Crippen LogP contribution in [0.5, 0.6) is 0 Å². The van der Waals surface area contributed by atoms with E-state index in [0.717, 1.165) is 36.2 Å². The third-order valence-electron chi connectivity index (χ3n) is 3.26. The van der Waals surface area contributed by atoms with E-state index >= 15 is 0 Å². The summed E-state index contributed by atoms with van der Waals surface area (Å²) < 4.78 is 0. The third kappa shape index (κ3) is 2.90. The second kappa shape index (κ2) is 5.52. The lowest BCUT2D eigenvalue weighted by atomic mass is 10.2. The average molecular weight is 267 g/mol. The van der Waals surface area contributed by atoms with Crippen LogP contribution >= 0.6 is 11.3 Å². The molecule has 1 aromatic heterocycles. The fourth-order valence-corrected chi connectivity index (χ4v) is 3.07. The molecule has 1 aliphatic rings. The van der Waals surface area contributed by atoms with Gasteiger partial charge in [-0.15, -0.1) is 11.3 Å². The predicted molar refractivity (Wildman–Crippen MR) is 69.9 cm³/mol. The van der Waals surface area contributed by atoms with Crippen molar-refractivity contribution in [2.75, 3.05) is 6.54 Å². The molecule has 1 amide bonds. The van der Waals surface area contributed by atoms with E-state index in [1.807, 2.05) is 11.8 Å². The van der Waals surface area contributed by atoms with Crippen LogP contribution < -0.4 is 0 Å². The zero-order valence-corrected chi connectivity index (χ0v) is 11.3. The molecule has 18 heavy (non-hydrogen) atoms. The van der Waals surface area contributed by atoms with Gasteiger partial charge in [0.05, 0.1) is 0 Å². The SMILES string of the molecule is Cc1sc(C(=O)O)cc1CN1CCCCCC1=O. The zero-order valence-electron chi connectivity index (χ0n) is 10.4. The van der Waals surface area contributed by atoms with Gasteiger partial charge in [0.1, 0.15) is 4.88 Å². The second-order valence-corrected chi connectivity index (χ2v) is 5.88. The summed E-state index contributed by atoms with van der Waals surface area (Å²) in [4.78, 5) is 26.0. The molecule has 0 aliphatic carbocycles. The minimum absolute atomic E-state index is 0.190. The number of nitrogens with zero attached hydrogens (tertiary/aromatic N) is 1. The number of thiophene rings is 1. The van der Waals surface area contributed by atoms with Crippen LogP contribution in [-0.4, -0.2) is 28.4 Å². The summed E-state index contributed by atoms with van der Waals surface area (Å²) in [5.41, 5.74) is 0.965. The highest BCUT2D eigenvalue weighted by Gasteiger charge is 2.19. The largest absolute Gasteiger partial charge is 0.477 e. The van der Waals surface area contributed by atoms with Gasteiger partial charge in [0.2, 0.25) is 5.91 Å². The van der Waals surface area contributed by atoms with E-state index in [9.17, 15) is 9.59 Å². The molecule has 1 fully saturated rings. The number of aromatic carboxylic acids is 1. The Kier molecular flexibility index (Phi) is 4.01. The molecule has 0 spiro atoms. The molecule has 5 heteroatoms. The van der Waals surface area contributed by atoms with E-state index in [0.29, 0.717) is 17.8 Å². The molecule has 0 atom stereocenters. The van der Waals surface area contributed by atoms with Crippen LogP contribution in [0.15, 0.2) is 6.07 Å². The van der Waals surface area contributed by atoms with Gasteiger partial charge in [-0.1, -0.05) is 6.42 Å². The summed E-state index contributed by atoms with van der Waals surface area (Å²) in [6.45, 7) is 3.25. The quantitative estimate of drug-likeness (QED) is 0.916. The van der Waals surface area contributed by atoms with Crippen LogP contribution in [-0.2, 0) is 11.3 Å². The number of hydrogen-bond acceptors (Lipinski definition) is 3. The van der Waals surface area contributed by atoms with Gasteiger partial charge in [-0.3, -0.25) is 4.79 Å². The fourth-order valence-electron chi connectivity index (χ4n) is 2.19. The molecule has 0 radical (unpaired) electrons. The minimum atomic E-state index is -0.892. The second-order valence-electron chi connectivity index (χ2n) is 4.62. The monoisotopic (exact) mass is 267 g/mol. The smallest absolute Gasteiger partial charge is 0.345 e. The Labute approximate surface area is 110 Å². The first-order valence-electron chi connectivity index (χ1n) is 6.18. The van der Waals surface area contributed by atoms with Crippen molar-refractivity contribution < 1.29 is 14.7 Å². The Balaban J connectivity index is 2.12. The molecule has 2 heterocycles. The van der Waals surface area contributed by atoms with Crippen LogP contribution in [0.2, 0.25) is 0 Å². The lowest BCUT2D eigenvalue weighted by Gasteiger charge is -2.20. The van der Waals surface area contributed by atoms with Crippen LogP contribution in [0.1, 0.15) is 45.8 Å². The molecule has 0 saturated carbocycles. The van der Waals surface area contributed by atoms with Gasteiger partial charge in [0, 0.05) is 24.4 Å². The summed E-state index contributed by atoms with van der Waals surface area (Å²) in [7, 11) is 0. The molecular formula is C13H17NO3S. The maximum Gasteiger partial charge on any atom is 0.345 e. The Morgan fingerprint density at radius 1 is 1.44 bits per heavy atom. The van der Waals surface area contributed by atoms with Crippen LogP contribution in [0, 0.1) is 6.92 Å². The molecule has 1 aromatic rings. The van der Waals surface area contributed by atoms with Crippen molar-refractivity contribution in [2.24, 2.45) is 0 Å². The average Bonchev–Trinajstić information content (AvgIpc) is 2.56. The molecule has 1 N–H and O–H groups in total. The molecule has 4 nitrogen and oxygen atoms in total. The maximum atomic E-state index is 11.9. The summed E-state index contributed by atoms with van der Waals surface area (Å²) in [5.74, 6) is -0.702. The van der Waals surface area contributed by atoms with E-state index in [-0.39, 0.29) is 5.91 Å². The molecule has 1 saturated heterocycles. The number of carboxylic acids is 1. The van der Waals surface area contributed by atoms with E-state index < -0.39 is 5.97 Å². The lowest BCUT2D eigenvalue weighted by Crippen LogP contribution is -2.29. The van der Waals surface area contributed by atoms with Gasteiger partial charge < -0.3 is 10.0 Å². The van der Waals surface area contributed by atoms with Gasteiger partial charge in [-0.05, 0) is 31.4 Å². The molecular weight excluding hydrogens is 250 g/mol. The van der Waals surface area contributed by atoms with Crippen molar-refractivity contribution in [3.05, 3.63) is 21.4 Å². The fraction of sp³-hybridized carbons (Fsp3) is 0.538. The standard InChI is InChI=1S/C13H17NO3S/c1-9-10(7-11(18-9)13(16)17)8-14-6-4-2-3-5-12(14)15/h7H,2-6,8H2,1H3,(H,16,17). The predicted octanol–water partition coefficient (Wildman–Crippen LogP) is 2.66. The number of carboxylic acid groups (broad SMARTS) is 1. The van der Waals surface area contributed by atoms with Gasteiger partial charge in [-0.25, -0.2) is 4.79 Å². The van der Waals surface area contributed by atoms with E-state index in [1.165, 1.54) is 11.3 Å². The van der Waals surface area contributed by atoms with Crippen LogP contribution in [0.25, 0.3) is 0 Å². The van der Waals surface area contributed by atoms with Crippen molar-refractivity contribution in [2.45, 2.75) is 39.2 Å². The summed E-state index contributed by atoms with van der Waals surface area (Å²) >= 11 is 1.28. The van der Waals surface area contributed by atoms with Crippen molar-refractivity contribution in [1.29, 1.82) is 0 Å². The topological polar surface area (TPSA) is 57.6 Å².